The molecule has 6 heteroatoms. The molecule has 0 unspecified atom stereocenters. The Balaban J connectivity index is 1.28. The van der Waals surface area contributed by atoms with E-state index in [1.54, 1.807) is 4.90 Å². The molecule has 0 N–H and O–H groups in total. The number of rotatable bonds is 4. The number of carbonyl (C=O) groups excluding carboxylic acids is 2. The highest BCUT2D eigenvalue weighted by Crippen LogP contribution is 2.25. The van der Waals surface area contributed by atoms with Crippen LogP contribution < -0.4 is 0 Å². The second-order valence-corrected chi connectivity index (χ2v) is 8.55. The minimum Gasteiger partial charge on any atom is -0.378 e. The molecule has 2 bridgehead atoms. The molecule has 0 aliphatic carbocycles. The third-order valence-corrected chi connectivity index (χ3v) is 6.52. The zero-order valence-electron chi connectivity index (χ0n) is 16.8. The third kappa shape index (κ3) is 4.39. The van der Waals surface area contributed by atoms with Crippen LogP contribution in [0.1, 0.15) is 24.8 Å². The van der Waals surface area contributed by atoms with Gasteiger partial charge < -0.3 is 14.5 Å². The van der Waals surface area contributed by atoms with Gasteiger partial charge in [0.15, 0.2) is 0 Å². The van der Waals surface area contributed by atoms with E-state index in [9.17, 15) is 9.59 Å². The standard InChI is InChI=1S/C22H31N3O3/c1-23-20-14-25(13-19(22(23)27)15-28-16-20)21(26)11-17-7-9-24(10-8-17)12-18-5-3-2-4-6-18/h2-6,17,19-20H,7-16H2,1H3/t19-,20+/m1/s1. The van der Waals surface area contributed by atoms with Crippen molar-refractivity contribution < 1.29 is 14.3 Å². The minimum absolute atomic E-state index is 0.0170. The number of carbonyl (C=O) groups is 2. The van der Waals surface area contributed by atoms with Gasteiger partial charge in [-0.2, -0.15) is 0 Å². The van der Waals surface area contributed by atoms with Gasteiger partial charge in [0.05, 0.1) is 25.2 Å². The molecule has 4 rings (SSSR count). The molecule has 2 amide bonds. The molecule has 3 saturated heterocycles. The first-order chi connectivity index (χ1) is 13.6. The van der Waals surface area contributed by atoms with E-state index in [1.807, 2.05) is 11.9 Å². The van der Waals surface area contributed by atoms with Crippen LogP contribution in [0.4, 0.5) is 0 Å². The van der Waals surface area contributed by atoms with Crippen LogP contribution in [0.3, 0.4) is 0 Å². The maximum atomic E-state index is 13.0. The number of fused-ring (bicyclic) bond motifs is 3. The summed E-state index contributed by atoms with van der Waals surface area (Å²) < 4.78 is 5.63. The third-order valence-electron chi connectivity index (χ3n) is 6.52. The van der Waals surface area contributed by atoms with Gasteiger partial charge >= 0.3 is 0 Å². The molecule has 0 saturated carbocycles. The number of nitrogens with zero attached hydrogens (tertiary/aromatic N) is 3. The Labute approximate surface area is 167 Å². The van der Waals surface area contributed by atoms with Crippen molar-refractivity contribution in [1.82, 2.24) is 14.7 Å². The molecule has 3 aliphatic heterocycles. The molecule has 3 heterocycles. The Morgan fingerprint density at radius 3 is 2.61 bits per heavy atom. The molecular weight excluding hydrogens is 354 g/mol. The van der Waals surface area contributed by atoms with E-state index in [-0.39, 0.29) is 23.8 Å². The average Bonchev–Trinajstić information content (AvgIpc) is 2.89. The first kappa shape index (κ1) is 19.4. The van der Waals surface area contributed by atoms with E-state index < -0.39 is 0 Å². The van der Waals surface area contributed by atoms with Crippen molar-refractivity contribution in [1.29, 1.82) is 0 Å². The van der Waals surface area contributed by atoms with E-state index in [0.717, 1.165) is 32.5 Å². The summed E-state index contributed by atoms with van der Waals surface area (Å²) in [5.41, 5.74) is 1.35. The fourth-order valence-electron chi connectivity index (χ4n) is 4.67. The highest BCUT2D eigenvalue weighted by atomic mass is 16.5. The highest BCUT2D eigenvalue weighted by Gasteiger charge is 2.39. The molecule has 152 valence electrons. The van der Waals surface area contributed by atoms with Crippen LogP contribution in [0.2, 0.25) is 0 Å². The van der Waals surface area contributed by atoms with Gasteiger partial charge in [0.2, 0.25) is 11.8 Å². The second kappa shape index (κ2) is 8.62. The summed E-state index contributed by atoms with van der Waals surface area (Å²) in [6, 6.07) is 10.6. The summed E-state index contributed by atoms with van der Waals surface area (Å²) >= 11 is 0. The van der Waals surface area contributed by atoms with Gasteiger partial charge in [-0.1, -0.05) is 30.3 Å². The smallest absolute Gasteiger partial charge is 0.229 e. The van der Waals surface area contributed by atoms with Gasteiger partial charge in [-0.3, -0.25) is 14.5 Å². The lowest BCUT2D eigenvalue weighted by atomic mass is 9.92. The zero-order chi connectivity index (χ0) is 19.5. The Kier molecular flexibility index (Phi) is 5.97. The molecule has 6 nitrogen and oxygen atoms in total. The monoisotopic (exact) mass is 385 g/mol. The van der Waals surface area contributed by atoms with Crippen LogP contribution in [-0.4, -0.2) is 79.0 Å². The van der Waals surface area contributed by atoms with Gasteiger partial charge in [-0.15, -0.1) is 0 Å². The van der Waals surface area contributed by atoms with Crippen molar-refractivity contribution in [2.24, 2.45) is 11.8 Å². The van der Waals surface area contributed by atoms with Gasteiger partial charge in [-0.05, 0) is 37.4 Å². The first-order valence-electron chi connectivity index (χ1n) is 10.5. The number of likely N-dealkylation sites (N-methyl/N-ethyl adjacent to an activating group) is 1. The predicted molar refractivity (Wildman–Crippen MR) is 107 cm³/mol. The van der Waals surface area contributed by atoms with E-state index in [0.29, 0.717) is 38.6 Å². The van der Waals surface area contributed by atoms with Crippen molar-refractivity contribution in [2.75, 3.05) is 46.4 Å². The fourth-order valence-corrected chi connectivity index (χ4v) is 4.67. The Hall–Kier alpha value is -1.92. The van der Waals surface area contributed by atoms with Gasteiger partial charge in [-0.25, -0.2) is 0 Å². The van der Waals surface area contributed by atoms with Crippen molar-refractivity contribution in [2.45, 2.75) is 31.8 Å². The molecule has 28 heavy (non-hydrogen) atoms. The number of amides is 2. The summed E-state index contributed by atoms with van der Waals surface area (Å²) in [6.07, 6.45) is 2.75. The molecular formula is C22H31N3O3. The summed E-state index contributed by atoms with van der Waals surface area (Å²) in [7, 11) is 1.84. The lowest BCUT2D eigenvalue weighted by Crippen LogP contribution is -2.45. The number of likely N-dealkylation sites (tertiary alicyclic amines) is 1. The first-order valence-corrected chi connectivity index (χ1v) is 10.5. The quantitative estimate of drug-likeness (QED) is 0.790. The number of hydrogen-bond donors (Lipinski definition) is 0. The lowest BCUT2D eigenvalue weighted by molar-refractivity contribution is -0.135. The molecule has 3 aliphatic rings. The molecule has 1 aromatic carbocycles. The maximum Gasteiger partial charge on any atom is 0.229 e. The molecule has 0 aromatic heterocycles. The SMILES string of the molecule is CN1C(=O)[C@H]2COC[C@@H]1CN(C(=O)CC1CCN(Cc3ccccc3)CC1)C2. The maximum absolute atomic E-state index is 13.0. The molecule has 2 atom stereocenters. The largest absolute Gasteiger partial charge is 0.378 e. The van der Waals surface area contributed by atoms with Crippen LogP contribution >= 0.6 is 0 Å². The van der Waals surface area contributed by atoms with Crippen LogP contribution in [0, 0.1) is 11.8 Å². The normalized spacial score (nSPS) is 27.0. The van der Waals surface area contributed by atoms with Crippen molar-refractivity contribution in [3.05, 3.63) is 35.9 Å². The average molecular weight is 386 g/mol. The van der Waals surface area contributed by atoms with E-state index in [2.05, 4.69) is 35.2 Å². The summed E-state index contributed by atoms with van der Waals surface area (Å²) in [5.74, 6) is 0.565. The van der Waals surface area contributed by atoms with Gasteiger partial charge in [0, 0.05) is 33.1 Å². The number of piperidine rings is 1. The van der Waals surface area contributed by atoms with Crippen LogP contribution in [0.25, 0.3) is 0 Å². The van der Waals surface area contributed by atoms with Gasteiger partial charge in [0.1, 0.15) is 0 Å². The van der Waals surface area contributed by atoms with Crippen LogP contribution in [0.15, 0.2) is 30.3 Å². The second-order valence-electron chi connectivity index (χ2n) is 8.55. The molecule has 0 spiro atoms. The van der Waals surface area contributed by atoms with E-state index >= 15 is 0 Å². The zero-order valence-corrected chi connectivity index (χ0v) is 16.8. The predicted octanol–water partition coefficient (Wildman–Crippen LogP) is 1.60. The topological polar surface area (TPSA) is 53.1 Å². The number of ether oxygens (including phenoxy) is 1. The summed E-state index contributed by atoms with van der Waals surface area (Å²) in [5, 5.41) is 0. The lowest BCUT2D eigenvalue weighted by Gasteiger charge is -2.34. The van der Waals surface area contributed by atoms with E-state index in [4.69, 9.17) is 4.74 Å². The molecule has 1 aromatic rings. The summed E-state index contributed by atoms with van der Waals surface area (Å²) in [6.45, 7) is 5.16. The Bertz CT molecular complexity index is 688. The van der Waals surface area contributed by atoms with Crippen molar-refractivity contribution in [3.63, 3.8) is 0 Å². The minimum atomic E-state index is -0.214. The van der Waals surface area contributed by atoms with Crippen molar-refractivity contribution in [3.8, 4) is 0 Å². The Morgan fingerprint density at radius 1 is 1.11 bits per heavy atom. The fraction of sp³-hybridized carbons (Fsp3) is 0.636. The van der Waals surface area contributed by atoms with Crippen molar-refractivity contribution >= 4 is 11.8 Å². The number of benzene rings is 1. The summed E-state index contributed by atoms with van der Waals surface area (Å²) in [4.78, 5) is 31.6. The highest BCUT2D eigenvalue weighted by molar-refractivity contribution is 5.82. The van der Waals surface area contributed by atoms with Crippen LogP contribution in [0.5, 0.6) is 0 Å². The molecule has 0 radical (unpaired) electrons. The Morgan fingerprint density at radius 2 is 1.86 bits per heavy atom. The van der Waals surface area contributed by atoms with Gasteiger partial charge in [0.25, 0.3) is 0 Å². The molecule has 3 fully saturated rings. The van der Waals surface area contributed by atoms with Crippen LogP contribution in [-0.2, 0) is 20.9 Å². The van der Waals surface area contributed by atoms with E-state index in [1.165, 1.54) is 5.56 Å². The number of hydrogen-bond acceptors (Lipinski definition) is 4.